The number of hydrogen-bond acceptors (Lipinski definition) is 3. The third-order valence-electron chi connectivity index (χ3n) is 3.79. The van der Waals surface area contributed by atoms with Gasteiger partial charge < -0.3 is 14.8 Å². The molecule has 0 bridgehead atoms. The zero-order valence-electron chi connectivity index (χ0n) is 13.5. The van der Waals surface area contributed by atoms with Crippen LogP contribution in [0.25, 0.3) is 6.08 Å². The summed E-state index contributed by atoms with van der Waals surface area (Å²) in [5.41, 5.74) is 1.96. The van der Waals surface area contributed by atoms with Crippen LogP contribution < -0.4 is 14.8 Å². The lowest BCUT2D eigenvalue weighted by molar-refractivity contribution is -0.111. The Kier molecular flexibility index (Phi) is 4.51. The van der Waals surface area contributed by atoms with E-state index in [1.165, 1.54) is 18.2 Å². The fourth-order valence-corrected chi connectivity index (χ4v) is 2.66. The van der Waals surface area contributed by atoms with Crippen molar-refractivity contribution < 1.29 is 18.7 Å². The first-order chi connectivity index (χ1) is 11.6. The van der Waals surface area contributed by atoms with E-state index >= 15 is 0 Å². The lowest BCUT2D eigenvalue weighted by Gasteiger charge is -2.08. The number of carbonyl (C=O) groups is 1. The van der Waals surface area contributed by atoms with Gasteiger partial charge in [0, 0.05) is 23.6 Å². The first-order valence-electron chi connectivity index (χ1n) is 7.68. The van der Waals surface area contributed by atoms with Crippen molar-refractivity contribution in [2.75, 3.05) is 12.4 Å². The van der Waals surface area contributed by atoms with Crippen molar-refractivity contribution in [3.8, 4) is 11.5 Å². The van der Waals surface area contributed by atoms with Crippen molar-refractivity contribution in [2.45, 2.75) is 19.4 Å². The Balaban J connectivity index is 1.78. The van der Waals surface area contributed by atoms with Crippen LogP contribution in [0.15, 0.2) is 42.5 Å². The van der Waals surface area contributed by atoms with Gasteiger partial charge in [0.1, 0.15) is 23.4 Å². The van der Waals surface area contributed by atoms with Crippen LogP contribution in [0.4, 0.5) is 10.1 Å². The monoisotopic (exact) mass is 327 g/mol. The van der Waals surface area contributed by atoms with Crippen LogP contribution in [0, 0.1) is 5.82 Å². The first kappa shape index (κ1) is 16.1. The van der Waals surface area contributed by atoms with E-state index in [0.29, 0.717) is 5.75 Å². The van der Waals surface area contributed by atoms with Crippen molar-refractivity contribution in [1.29, 1.82) is 0 Å². The second-order valence-electron chi connectivity index (χ2n) is 5.64. The molecule has 1 heterocycles. The number of nitrogens with one attached hydrogen (secondary N) is 1. The summed E-state index contributed by atoms with van der Waals surface area (Å²) in [6.07, 6.45) is 3.94. The number of para-hydroxylation sites is 1. The zero-order chi connectivity index (χ0) is 17.1. The van der Waals surface area contributed by atoms with Gasteiger partial charge in [0.15, 0.2) is 0 Å². The molecule has 1 N–H and O–H groups in total. The summed E-state index contributed by atoms with van der Waals surface area (Å²) in [5.74, 6) is 0.576. The highest BCUT2D eigenvalue weighted by molar-refractivity contribution is 6.02. The predicted octanol–water partition coefficient (Wildman–Crippen LogP) is 3.81. The smallest absolute Gasteiger partial charge is 0.248 e. The van der Waals surface area contributed by atoms with Gasteiger partial charge >= 0.3 is 0 Å². The number of amides is 1. The largest absolute Gasteiger partial charge is 0.496 e. The molecule has 2 aromatic rings. The summed E-state index contributed by atoms with van der Waals surface area (Å²) in [5, 5.41) is 2.50. The molecule has 24 heavy (non-hydrogen) atoms. The van der Waals surface area contributed by atoms with Crippen molar-refractivity contribution in [3.05, 3.63) is 59.4 Å². The Bertz CT molecular complexity index is 801. The second-order valence-corrected chi connectivity index (χ2v) is 5.64. The SMILES string of the molecule is COc1cc2c(cc1C=CC(=O)Nc1ccccc1F)OC(C)C2. The molecule has 1 aliphatic rings. The lowest BCUT2D eigenvalue weighted by atomic mass is 10.1. The van der Waals surface area contributed by atoms with Crippen LogP contribution in [-0.2, 0) is 11.2 Å². The lowest BCUT2D eigenvalue weighted by Crippen LogP contribution is -2.09. The second kappa shape index (κ2) is 6.74. The van der Waals surface area contributed by atoms with Gasteiger partial charge in [0.25, 0.3) is 0 Å². The standard InChI is InChI=1S/C19H18FNO3/c1-12-9-14-11-17(23-2)13(10-18(14)24-12)7-8-19(22)21-16-6-4-3-5-15(16)20/h3-8,10-12H,9H2,1-2H3,(H,21,22). The summed E-state index contributed by atoms with van der Waals surface area (Å²) in [7, 11) is 1.58. The summed E-state index contributed by atoms with van der Waals surface area (Å²) < 4.78 is 24.6. The number of halogens is 1. The summed E-state index contributed by atoms with van der Waals surface area (Å²) in [6, 6.07) is 9.80. The van der Waals surface area contributed by atoms with Crippen LogP contribution in [0.3, 0.4) is 0 Å². The van der Waals surface area contributed by atoms with Crippen molar-refractivity contribution >= 4 is 17.7 Å². The molecule has 0 aliphatic carbocycles. The quantitative estimate of drug-likeness (QED) is 0.869. The molecule has 5 heteroatoms. The van der Waals surface area contributed by atoms with Crippen LogP contribution in [0.5, 0.6) is 11.5 Å². The predicted molar refractivity (Wildman–Crippen MR) is 90.9 cm³/mol. The number of rotatable bonds is 4. The summed E-state index contributed by atoms with van der Waals surface area (Å²) in [4.78, 5) is 12.0. The highest BCUT2D eigenvalue weighted by Gasteiger charge is 2.21. The minimum Gasteiger partial charge on any atom is -0.496 e. The fourth-order valence-electron chi connectivity index (χ4n) is 2.66. The number of anilines is 1. The van der Waals surface area contributed by atoms with Gasteiger partial charge in [-0.05, 0) is 37.3 Å². The Hall–Kier alpha value is -2.82. The zero-order valence-corrected chi connectivity index (χ0v) is 13.5. The molecule has 4 nitrogen and oxygen atoms in total. The summed E-state index contributed by atoms with van der Waals surface area (Å²) >= 11 is 0. The molecule has 0 spiro atoms. The van der Waals surface area contributed by atoms with Gasteiger partial charge in [-0.15, -0.1) is 0 Å². The van der Waals surface area contributed by atoms with Gasteiger partial charge in [0.05, 0.1) is 12.8 Å². The summed E-state index contributed by atoms with van der Waals surface area (Å²) in [6.45, 7) is 2.00. The van der Waals surface area contributed by atoms with E-state index in [2.05, 4.69) is 5.32 Å². The molecule has 0 aromatic heterocycles. The van der Waals surface area contributed by atoms with Crippen molar-refractivity contribution in [1.82, 2.24) is 0 Å². The molecule has 1 amide bonds. The molecular weight excluding hydrogens is 309 g/mol. The molecule has 0 radical (unpaired) electrons. The number of carbonyl (C=O) groups excluding carboxylic acids is 1. The van der Waals surface area contributed by atoms with Gasteiger partial charge in [-0.1, -0.05) is 12.1 Å². The Labute approximate surface area is 139 Å². The Morgan fingerprint density at radius 3 is 2.92 bits per heavy atom. The van der Waals surface area contributed by atoms with E-state index < -0.39 is 11.7 Å². The Morgan fingerprint density at radius 1 is 1.38 bits per heavy atom. The fraction of sp³-hybridized carbons (Fsp3) is 0.211. The normalized spacial score (nSPS) is 15.9. The third kappa shape index (κ3) is 3.40. The molecule has 1 unspecified atom stereocenters. The van der Waals surface area contributed by atoms with Gasteiger partial charge in [0.2, 0.25) is 5.91 Å². The van der Waals surface area contributed by atoms with Gasteiger partial charge in [-0.3, -0.25) is 4.79 Å². The minimum atomic E-state index is -0.475. The molecule has 3 rings (SSSR count). The maximum Gasteiger partial charge on any atom is 0.248 e. The van der Waals surface area contributed by atoms with Gasteiger partial charge in [-0.2, -0.15) is 0 Å². The number of hydrogen-bond donors (Lipinski definition) is 1. The molecule has 1 aliphatic heterocycles. The van der Waals surface area contributed by atoms with Crippen molar-refractivity contribution in [3.63, 3.8) is 0 Å². The van der Waals surface area contributed by atoms with Crippen LogP contribution in [-0.4, -0.2) is 19.1 Å². The van der Waals surface area contributed by atoms with Crippen LogP contribution >= 0.6 is 0 Å². The maximum absolute atomic E-state index is 13.5. The highest BCUT2D eigenvalue weighted by atomic mass is 19.1. The third-order valence-corrected chi connectivity index (χ3v) is 3.79. The average Bonchev–Trinajstić information content (AvgIpc) is 2.93. The van der Waals surface area contributed by atoms with Crippen LogP contribution in [0.2, 0.25) is 0 Å². The van der Waals surface area contributed by atoms with Crippen LogP contribution in [0.1, 0.15) is 18.1 Å². The molecule has 2 aromatic carbocycles. The number of ether oxygens (including phenoxy) is 2. The van der Waals surface area contributed by atoms with E-state index in [4.69, 9.17) is 9.47 Å². The number of fused-ring (bicyclic) bond motifs is 1. The minimum absolute atomic E-state index is 0.133. The molecule has 0 saturated carbocycles. The van der Waals surface area contributed by atoms with E-state index in [9.17, 15) is 9.18 Å². The van der Waals surface area contributed by atoms with E-state index in [1.807, 2.05) is 19.1 Å². The van der Waals surface area contributed by atoms with E-state index in [1.54, 1.807) is 25.3 Å². The maximum atomic E-state index is 13.5. The van der Waals surface area contributed by atoms with E-state index in [-0.39, 0.29) is 11.8 Å². The topological polar surface area (TPSA) is 47.6 Å². The van der Waals surface area contributed by atoms with Gasteiger partial charge in [-0.25, -0.2) is 4.39 Å². The molecule has 0 fully saturated rings. The number of methoxy groups -OCH3 is 1. The first-order valence-corrected chi connectivity index (χ1v) is 7.68. The average molecular weight is 327 g/mol. The molecule has 1 atom stereocenters. The molecular formula is C19H18FNO3. The van der Waals surface area contributed by atoms with Crippen molar-refractivity contribution in [2.24, 2.45) is 0 Å². The Morgan fingerprint density at radius 2 is 2.17 bits per heavy atom. The molecule has 124 valence electrons. The highest BCUT2D eigenvalue weighted by Crippen LogP contribution is 2.35. The van der Waals surface area contributed by atoms with E-state index in [0.717, 1.165) is 23.3 Å². The number of benzene rings is 2. The molecule has 0 saturated heterocycles.